The molecule has 8 heteroatoms. The summed E-state index contributed by atoms with van der Waals surface area (Å²) >= 11 is 5.85. The monoisotopic (exact) mass is 375 g/mol. The third kappa shape index (κ3) is 3.04. The maximum absolute atomic E-state index is 13.5. The Hall–Kier alpha value is -2.51. The molecule has 0 amide bonds. The Kier molecular flexibility index (Phi) is 4.34. The molecule has 2 aromatic heterocycles. The second-order valence-electron chi connectivity index (χ2n) is 6.19. The number of anilines is 1. The van der Waals surface area contributed by atoms with Crippen LogP contribution in [0.15, 0.2) is 36.7 Å². The number of rotatable bonds is 3. The van der Waals surface area contributed by atoms with Crippen molar-refractivity contribution in [2.75, 3.05) is 11.9 Å². The van der Waals surface area contributed by atoms with Gasteiger partial charge in [0.2, 0.25) is 0 Å². The highest BCUT2D eigenvalue weighted by molar-refractivity contribution is 6.31. The van der Waals surface area contributed by atoms with E-state index < -0.39 is 5.82 Å². The lowest BCUT2D eigenvalue weighted by Gasteiger charge is -2.27. The molecule has 4 rings (SSSR count). The van der Waals surface area contributed by atoms with Gasteiger partial charge in [0.05, 0.1) is 28.8 Å². The zero-order valence-electron chi connectivity index (χ0n) is 13.9. The summed E-state index contributed by atoms with van der Waals surface area (Å²) in [6, 6.07) is 6.21. The van der Waals surface area contributed by atoms with Gasteiger partial charge in [-0.2, -0.15) is 5.10 Å². The standard InChI is InChI=1S/C18H16ClF2N5/c1-10-4-16(23-7-15(10)21)12-6-24-26-17(12)8-22-9-18(26)25-11-2-3-14(20)13(19)5-11/h2-7,18,22,25H,8-9H2,1H3. The minimum absolute atomic E-state index is 0.0612. The molecule has 5 nitrogen and oxygen atoms in total. The first kappa shape index (κ1) is 16.9. The van der Waals surface area contributed by atoms with E-state index in [4.69, 9.17) is 11.6 Å². The first-order valence-corrected chi connectivity index (χ1v) is 8.52. The summed E-state index contributed by atoms with van der Waals surface area (Å²) < 4.78 is 28.7. The topological polar surface area (TPSA) is 54.8 Å². The molecule has 1 aromatic carbocycles. The number of pyridine rings is 1. The Balaban J connectivity index is 1.66. The average Bonchev–Trinajstić information content (AvgIpc) is 3.06. The molecule has 0 bridgehead atoms. The minimum atomic E-state index is -0.459. The van der Waals surface area contributed by atoms with Gasteiger partial charge in [0.15, 0.2) is 0 Å². The highest BCUT2D eigenvalue weighted by Gasteiger charge is 2.24. The summed E-state index contributed by atoms with van der Waals surface area (Å²) in [6.45, 7) is 2.96. The third-order valence-electron chi connectivity index (χ3n) is 4.40. The summed E-state index contributed by atoms with van der Waals surface area (Å²) in [4.78, 5) is 4.18. The van der Waals surface area contributed by atoms with Crippen LogP contribution < -0.4 is 10.6 Å². The van der Waals surface area contributed by atoms with Gasteiger partial charge in [0.1, 0.15) is 17.8 Å². The van der Waals surface area contributed by atoms with Crippen LogP contribution in [0.3, 0.4) is 0 Å². The second kappa shape index (κ2) is 6.66. The molecule has 0 fully saturated rings. The van der Waals surface area contributed by atoms with E-state index in [0.717, 1.165) is 11.3 Å². The Morgan fingerprint density at radius 1 is 1.23 bits per heavy atom. The normalized spacial score (nSPS) is 16.4. The number of hydrogen-bond donors (Lipinski definition) is 2. The fourth-order valence-electron chi connectivity index (χ4n) is 3.04. The van der Waals surface area contributed by atoms with Crippen molar-refractivity contribution in [2.45, 2.75) is 19.6 Å². The summed E-state index contributed by atoms with van der Waals surface area (Å²) in [6.07, 6.45) is 2.78. The van der Waals surface area contributed by atoms with Crippen LogP contribution in [0, 0.1) is 18.6 Å². The lowest BCUT2D eigenvalue weighted by molar-refractivity contribution is 0.401. The van der Waals surface area contributed by atoms with E-state index in [9.17, 15) is 8.78 Å². The van der Waals surface area contributed by atoms with Gasteiger partial charge in [0, 0.05) is 24.3 Å². The fourth-order valence-corrected chi connectivity index (χ4v) is 3.22. The zero-order chi connectivity index (χ0) is 18.3. The van der Waals surface area contributed by atoms with Crippen LogP contribution in [-0.2, 0) is 6.54 Å². The zero-order valence-corrected chi connectivity index (χ0v) is 14.7. The number of halogens is 3. The second-order valence-corrected chi connectivity index (χ2v) is 6.60. The van der Waals surface area contributed by atoms with Crippen molar-refractivity contribution in [3.05, 3.63) is 64.6 Å². The van der Waals surface area contributed by atoms with Crippen molar-refractivity contribution in [3.63, 3.8) is 0 Å². The van der Waals surface area contributed by atoms with Crippen LogP contribution >= 0.6 is 11.6 Å². The molecule has 3 aromatic rings. The Labute approximate surface area is 154 Å². The molecule has 1 aliphatic rings. The van der Waals surface area contributed by atoms with E-state index in [-0.39, 0.29) is 17.0 Å². The highest BCUT2D eigenvalue weighted by Crippen LogP contribution is 2.28. The fraction of sp³-hybridized carbons (Fsp3) is 0.222. The summed E-state index contributed by atoms with van der Waals surface area (Å²) in [5.74, 6) is -0.792. The lowest BCUT2D eigenvalue weighted by atomic mass is 10.1. The van der Waals surface area contributed by atoms with E-state index >= 15 is 0 Å². The van der Waals surface area contributed by atoms with Gasteiger partial charge in [-0.1, -0.05) is 11.6 Å². The molecule has 1 aliphatic heterocycles. The summed E-state index contributed by atoms with van der Waals surface area (Å²) in [5, 5.41) is 11.2. The maximum Gasteiger partial charge on any atom is 0.144 e. The molecule has 0 aliphatic carbocycles. The molecule has 1 atom stereocenters. The number of nitrogens with zero attached hydrogens (tertiary/aromatic N) is 3. The summed E-state index contributed by atoms with van der Waals surface area (Å²) in [7, 11) is 0. The van der Waals surface area contributed by atoms with Crippen molar-refractivity contribution >= 4 is 17.3 Å². The SMILES string of the molecule is Cc1cc(-c2cnn3c2CNCC3Nc2ccc(F)c(Cl)c2)ncc1F. The summed E-state index contributed by atoms with van der Waals surface area (Å²) in [5.41, 5.74) is 3.71. The molecule has 0 saturated heterocycles. The van der Waals surface area contributed by atoms with Crippen LogP contribution in [0.4, 0.5) is 14.5 Å². The molecule has 2 N–H and O–H groups in total. The molecule has 3 heterocycles. The first-order valence-electron chi connectivity index (χ1n) is 8.14. The average molecular weight is 376 g/mol. The Morgan fingerprint density at radius 2 is 2.08 bits per heavy atom. The van der Waals surface area contributed by atoms with Crippen molar-refractivity contribution in [2.24, 2.45) is 0 Å². The van der Waals surface area contributed by atoms with E-state index in [1.54, 1.807) is 31.3 Å². The van der Waals surface area contributed by atoms with E-state index in [1.165, 1.54) is 12.3 Å². The predicted molar refractivity (Wildman–Crippen MR) is 95.9 cm³/mol. The van der Waals surface area contributed by atoms with Gasteiger partial charge in [-0.25, -0.2) is 13.5 Å². The maximum atomic E-state index is 13.5. The molecule has 0 spiro atoms. The minimum Gasteiger partial charge on any atom is -0.363 e. The Bertz CT molecular complexity index is 972. The molecular weight excluding hydrogens is 360 g/mol. The van der Waals surface area contributed by atoms with E-state index in [2.05, 4.69) is 20.7 Å². The van der Waals surface area contributed by atoms with Crippen molar-refractivity contribution < 1.29 is 8.78 Å². The van der Waals surface area contributed by atoms with Crippen molar-refractivity contribution in [1.29, 1.82) is 0 Å². The number of benzene rings is 1. The molecular formula is C18H16ClF2N5. The van der Waals surface area contributed by atoms with Gasteiger partial charge >= 0.3 is 0 Å². The molecule has 26 heavy (non-hydrogen) atoms. The van der Waals surface area contributed by atoms with Crippen LogP contribution in [0.5, 0.6) is 0 Å². The van der Waals surface area contributed by atoms with Crippen LogP contribution in [0.25, 0.3) is 11.3 Å². The van der Waals surface area contributed by atoms with E-state index in [1.807, 2.05) is 4.68 Å². The van der Waals surface area contributed by atoms with Gasteiger partial charge in [-0.3, -0.25) is 4.98 Å². The molecule has 0 radical (unpaired) electrons. The number of aromatic nitrogens is 3. The first-order chi connectivity index (χ1) is 12.5. The van der Waals surface area contributed by atoms with Gasteiger partial charge < -0.3 is 10.6 Å². The van der Waals surface area contributed by atoms with Crippen LogP contribution in [-0.4, -0.2) is 21.3 Å². The third-order valence-corrected chi connectivity index (χ3v) is 4.69. The Morgan fingerprint density at radius 3 is 2.85 bits per heavy atom. The smallest absolute Gasteiger partial charge is 0.144 e. The van der Waals surface area contributed by atoms with Gasteiger partial charge in [0.25, 0.3) is 0 Å². The molecule has 134 valence electrons. The number of nitrogens with one attached hydrogen (secondary N) is 2. The predicted octanol–water partition coefficient (Wildman–Crippen LogP) is 3.90. The number of fused-ring (bicyclic) bond motifs is 1. The van der Waals surface area contributed by atoms with E-state index in [0.29, 0.717) is 30.0 Å². The van der Waals surface area contributed by atoms with Gasteiger partial charge in [-0.15, -0.1) is 0 Å². The number of aryl methyl sites for hydroxylation is 1. The highest BCUT2D eigenvalue weighted by atomic mass is 35.5. The van der Waals surface area contributed by atoms with Crippen LogP contribution in [0.1, 0.15) is 17.4 Å². The number of hydrogen-bond acceptors (Lipinski definition) is 4. The van der Waals surface area contributed by atoms with Crippen molar-refractivity contribution in [3.8, 4) is 11.3 Å². The largest absolute Gasteiger partial charge is 0.363 e. The quantitative estimate of drug-likeness (QED) is 0.729. The van der Waals surface area contributed by atoms with Crippen LogP contribution in [0.2, 0.25) is 5.02 Å². The van der Waals surface area contributed by atoms with Gasteiger partial charge in [-0.05, 0) is 36.8 Å². The lowest BCUT2D eigenvalue weighted by Crippen LogP contribution is -2.37. The van der Waals surface area contributed by atoms with Crippen molar-refractivity contribution in [1.82, 2.24) is 20.1 Å². The molecule has 0 saturated carbocycles. The molecule has 1 unspecified atom stereocenters.